The number of nitro groups is 1. The van der Waals surface area contributed by atoms with E-state index in [9.17, 15) is 10.1 Å². The molecular formula is C13H10N4O2. The SMILES string of the molecule is Nc1cccc(-n2cnc3c([N+](=O)[O-])cccc32)c1. The highest BCUT2D eigenvalue weighted by atomic mass is 16.6. The number of nitrogens with two attached hydrogens (primary N) is 1. The maximum atomic E-state index is 11.0. The topological polar surface area (TPSA) is 87.0 Å². The molecule has 0 aliphatic carbocycles. The Morgan fingerprint density at radius 3 is 2.74 bits per heavy atom. The smallest absolute Gasteiger partial charge is 0.297 e. The largest absolute Gasteiger partial charge is 0.399 e. The van der Waals surface area contributed by atoms with Crippen molar-refractivity contribution in [3.63, 3.8) is 0 Å². The summed E-state index contributed by atoms with van der Waals surface area (Å²) >= 11 is 0. The number of benzene rings is 2. The number of rotatable bonds is 2. The molecule has 0 spiro atoms. The summed E-state index contributed by atoms with van der Waals surface area (Å²) in [5.41, 5.74) is 8.25. The van der Waals surface area contributed by atoms with Crippen molar-refractivity contribution in [1.29, 1.82) is 0 Å². The van der Waals surface area contributed by atoms with Crippen LogP contribution in [0.1, 0.15) is 0 Å². The van der Waals surface area contributed by atoms with E-state index in [0.29, 0.717) is 16.7 Å². The minimum atomic E-state index is -0.432. The Labute approximate surface area is 108 Å². The van der Waals surface area contributed by atoms with E-state index < -0.39 is 4.92 Å². The van der Waals surface area contributed by atoms with Crippen LogP contribution in [0.3, 0.4) is 0 Å². The fourth-order valence-corrected chi connectivity index (χ4v) is 2.05. The first-order valence-corrected chi connectivity index (χ1v) is 5.63. The van der Waals surface area contributed by atoms with Gasteiger partial charge in [-0.15, -0.1) is 0 Å². The maximum Gasteiger partial charge on any atom is 0.297 e. The van der Waals surface area contributed by atoms with Crippen molar-refractivity contribution in [2.45, 2.75) is 0 Å². The molecule has 0 aliphatic rings. The van der Waals surface area contributed by atoms with Crippen LogP contribution < -0.4 is 5.73 Å². The lowest BCUT2D eigenvalue weighted by Crippen LogP contribution is -1.94. The van der Waals surface area contributed by atoms with E-state index in [1.807, 2.05) is 12.1 Å². The first-order chi connectivity index (χ1) is 9.16. The van der Waals surface area contributed by atoms with Crippen LogP contribution in [-0.2, 0) is 0 Å². The van der Waals surface area contributed by atoms with E-state index in [2.05, 4.69) is 4.98 Å². The lowest BCUT2D eigenvalue weighted by Gasteiger charge is -2.04. The van der Waals surface area contributed by atoms with Crippen molar-refractivity contribution in [3.05, 3.63) is 58.9 Å². The Bertz CT molecular complexity index is 779. The molecule has 1 heterocycles. The third kappa shape index (κ3) is 1.79. The van der Waals surface area contributed by atoms with Crippen molar-refractivity contribution in [1.82, 2.24) is 9.55 Å². The molecule has 0 aliphatic heterocycles. The highest BCUT2D eigenvalue weighted by Gasteiger charge is 2.15. The van der Waals surface area contributed by atoms with Gasteiger partial charge >= 0.3 is 0 Å². The molecule has 0 unspecified atom stereocenters. The van der Waals surface area contributed by atoms with E-state index in [4.69, 9.17) is 5.73 Å². The number of hydrogen-bond donors (Lipinski definition) is 1. The fourth-order valence-electron chi connectivity index (χ4n) is 2.05. The van der Waals surface area contributed by atoms with Gasteiger partial charge in [0, 0.05) is 17.4 Å². The molecule has 0 saturated heterocycles. The molecule has 3 aromatic rings. The molecule has 0 saturated carbocycles. The molecule has 6 heteroatoms. The molecule has 1 aromatic heterocycles. The van der Waals surface area contributed by atoms with Crippen LogP contribution in [0.4, 0.5) is 11.4 Å². The molecular weight excluding hydrogens is 244 g/mol. The summed E-state index contributed by atoms with van der Waals surface area (Å²) in [6.07, 6.45) is 1.56. The van der Waals surface area contributed by atoms with Gasteiger partial charge in [-0.25, -0.2) is 4.98 Å². The summed E-state index contributed by atoms with van der Waals surface area (Å²) in [6.45, 7) is 0. The zero-order valence-electron chi connectivity index (χ0n) is 9.85. The van der Waals surface area contributed by atoms with E-state index >= 15 is 0 Å². The fraction of sp³-hybridized carbons (Fsp3) is 0. The molecule has 6 nitrogen and oxygen atoms in total. The normalized spacial score (nSPS) is 10.7. The predicted molar refractivity (Wildman–Crippen MR) is 72.1 cm³/mol. The Morgan fingerprint density at radius 2 is 2.00 bits per heavy atom. The average molecular weight is 254 g/mol. The number of non-ortho nitro benzene ring substituents is 1. The van der Waals surface area contributed by atoms with Crippen LogP contribution >= 0.6 is 0 Å². The first kappa shape index (κ1) is 11.2. The van der Waals surface area contributed by atoms with Crippen molar-refractivity contribution in [2.24, 2.45) is 0 Å². The zero-order chi connectivity index (χ0) is 13.4. The summed E-state index contributed by atoms with van der Waals surface area (Å²) in [5, 5.41) is 11.0. The number of nitrogen functional groups attached to an aromatic ring is 1. The first-order valence-electron chi connectivity index (χ1n) is 5.63. The minimum absolute atomic E-state index is 0.000142. The Balaban J connectivity index is 2.27. The molecule has 0 bridgehead atoms. The number of aromatic nitrogens is 2. The Morgan fingerprint density at radius 1 is 1.21 bits per heavy atom. The number of anilines is 1. The monoisotopic (exact) mass is 254 g/mol. The van der Waals surface area contributed by atoms with Crippen molar-refractivity contribution in [3.8, 4) is 5.69 Å². The molecule has 3 rings (SSSR count). The Kier molecular flexibility index (Phi) is 2.42. The number of fused-ring (bicyclic) bond motifs is 1. The van der Waals surface area contributed by atoms with Gasteiger partial charge in [0.25, 0.3) is 5.69 Å². The highest BCUT2D eigenvalue weighted by molar-refractivity contribution is 5.86. The number of nitrogens with zero attached hydrogens (tertiary/aromatic N) is 3. The van der Waals surface area contributed by atoms with Crippen LogP contribution in [0.2, 0.25) is 0 Å². The predicted octanol–water partition coefficient (Wildman–Crippen LogP) is 2.52. The molecule has 0 radical (unpaired) electrons. The van der Waals surface area contributed by atoms with Gasteiger partial charge in [-0.05, 0) is 24.3 Å². The van der Waals surface area contributed by atoms with E-state index in [1.165, 1.54) is 6.07 Å². The molecule has 0 amide bonds. The van der Waals surface area contributed by atoms with Gasteiger partial charge in [-0.2, -0.15) is 0 Å². The van der Waals surface area contributed by atoms with E-state index in [0.717, 1.165) is 5.69 Å². The summed E-state index contributed by atoms with van der Waals surface area (Å²) in [6, 6.07) is 12.2. The van der Waals surface area contributed by atoms with Crippen molar-refractivity contribution < 1.29 is 4.92 Å². The Hall–Kier alpha value is -2.89. The molecule has 2 aromatic carbocycles. The van der Waals surface area contributed by atoms with Crippen LogP contribution in [0.25, 0.3) is 16.7 Å². The molecule has 2 N–H and O–H groups in total. The lowest BCUT2D eigenvalue weighted by molar-refractivity contribution is -0.383. The average Bonchev–Trinajstić information content (AvgIpc) is 2.82. The lowest BCUT2D eigenvalue weighted by atomic mass is 10.2. The van der Waals surface area contributed by atoms with Gasteiger partial charge in [0.05, 0.1) is 10.4 Å². The maximum absolute atomic E-state index is 11.0. The second kappa shape index (κ2) is 4.09. The highest BCUT2D eigenvalue weighted by Crippen LogP contribution is 2.26. The van der Waals surface area contributed by atoms with Gasteiger partial charge in [0.2, 0.25) is 0 Å². The van der Waals surface area contributed by atoms with Crippen LogP contribution in [0.15, 0.2) is 48.8 Å². The summed E-state index contributed by atoms with van der Waals surface area (Å²) < 4.78 is 1.78. The summed E-state index contributed by atoms with van der Waals surface area (Å²) in [5.74, 6) is 0. The standard InChI is InChI=1S/C13H10N4O2/c14-9-3-1-4-10(7-9)16-8-15-13-11(16)5-2-6-12(13)17(18)19/h1-8H,14H2. The molecule has 0 fully saturated rings. The van der Waals surface area contributed by atoms with E-state index in [-0.39, 0.29) is 5.69 Å². The molecule has 94 valence electrons. The van der Waals surface area contributed by atoms with Gasteiger partial charge in [-0.1, -0.05) is 12.1 Å². The second-order valence-corrected chi connectivity index (χ2v) is 4.11. The van der Waals surface area contributed by atoms with Crippen LogP contribution in [0.5, 0.6) is 0 Å². The van der Waals surface area contributed by atoms with Gasteiger partial charge in [0.15, 0.2) is 5.52 Å². The van der Waals surface area contributed by atoms with Crippen LogP contribution in [0, 0.1) is 10.1 Å². The van der Waals surface area contributed by atoms with Crippen LogP contribution in [-0.4, -0.2) is 14.5 Å². The zero-order valence-corrected chi connectivity index (χ0v) is 9.85. The second-order valence-electron chi connectivity index (χ2n) is 4.11. The van der Waals surface area contributed by atoms with Gasteiger partial charge < -0.3 is 5.73 Å². The van der Waals surface area contributed by atoms with E-state index in [1.54, 1.807) is 35.2 Å². The molecule has 19 heavy (non-hydrogen) atoms. The molecule has 0 atom stereocenters. The minimum Gasteiger partial charge on any atom is -0.399 e. The van der Waals surface area contributed by atoms with Crippen molar-refractivity contribution in [2.75, 3.05) is 5.73 Å². The number of imidazole rings is 1. The third-order valence-corrected chi connectivity index (χ3v) is 2.90. The number of nitro benzene ring substituents is 1. The third-order valence-electron chi connectivity index (χ3n) is 2.90. The number of para-hydroxylation sites is 1. The summed E-state index contributed by atoms with van der Waals surface area (Å²) in [7, 11) is 0. The number of hydrogen-bond acceptors (Lipinski definition) is 4. The van der Waals surface area contributed by atoms with Gasteiger partial charge in [-0.3, -0.25) is 14.7 Å². The quantitative estimate of drug-likeness (QED) is 0.432. The summed E-state index contributed by atoms with van der Waals surface area (Å²) in [4.78, 5) is 14.6. The van der Waals surface area contributed by atoms with Crippen molar-refractivity contribution >= 4 is 22.4 Å². The van der Waals surface area contributed by atoms with Gasteiger partial charge in [0.1, 0.15) is 6.33 Å².